The van der Waals surface area contributed by atoms with Gasteiger partial charge >= 0.3 is 0 Å². The number of hydrogen-bond acceptors (Lipinski definition) is 5. The van der Waals surface area contributed by atoms with Crippen molar-refractivity contribution in [1.29, 1.82) is 0 Å². The first-order valence-electron chi connectivity index (χ1n) is 9.11. The molecule has 0 saturated carbocycles. The number of nitrogens with zero attached hydrogens (tertiary/aromatic N) is 4. The summed E-state index contributed by atoms with van der Waals surface area (Å²) in [5, 5.41) is 19.2. The van der Waals surface area contributed by atoms with E-state index in [1.807, 2.05) is 13.8 Å². The molecular formula is C17H30N4O2. The molecule has 2 aliphatic rings. The lowest BCUT2D eigenvalue weighted by Crippen LogP contribution is -2.36. The van der Waals surface area contributed by atoms with Gasteiger partial charge in [-0.25, -0.2) is 0 Å². The Kier molecular flexibility index (Phi) is 5.67. The molecule has 1 saturated heterocycles. The summed E-state index contributed by atoms with van der Waals surface area (Å²) >= 11 is 0. The van der Waals surface area contributed by atoms with E-state index in [0.29, 0.717) is 19.2 Å². The van der Waals surface area contributed by atoms with Crippen molar-refractivity contribution < 1.29 is 9.84 Å². The van der Waals surface area contributed by atoms with Crippen LogP contribution in [-0.4, -0.2) is 56.7 Å². The lowest BCUT2D eigenvalue weighted by molar-refractivity contribution is -0.0107. The number of β-amino-alcohol motifs (C(OH)–C–C–N with tert-alkyl or cyclic N) is 1. The summed E-state index contributed by atoms with van der Waals surface area (Å²) in [7, 11) is 0. The summed E-state index contributed by atoms with van der Waals surface area (Å²) < 4.78 is 7.88. The lowest BCUT2D eigenvalue weighted by Gasteiger charge is -2.27. The number of fused-ring (bicyclic) bond motifs is 1. The van der Waals surface area contributed by atoms with E-state index in [-0.39, 0.29) is 6.10 Å². The summed E-state index contributed by atoms with van der Waals surface area (Å²) in [6.07, 6.45) is 6.75. The number of likely N-dealkylation sites (tertiary alicyclic amines) is 1. The van der Waals surface area contributed by atoms with Crippen LogP contribution in [0, 0.1) is 0 Å². The van der Waals surface area contributed by atoms with Crippen molar-refractivity contribution in [1.82, 2.24) is 19.7 Å². The topological polar surface area (TPSA) is 63.4 Å². The second kappa shape index (κ2) is 7.73. The number of hydrogen-bond donors (Lipinski definition) is 1. The maximum atomic E-state index is 10.2. The minimum absolute atomic E-state index is 0.159. The van der Waals surface area contributed by atoms with Crippen LogP contribution in [0.1, 0.15) is 63.6 Å². The summed E-state index contributed by atoms with van der Waals surface area (Å²) in [4.78, 5) is 2.36. The highest BCUT2D eigenvalue weighted by Gasteiger charge is 2.32. The van der Waals surface area contributed by atoms with Crippen LogP contribution in [0.3, 0.4) is 0 Å². The SMILES string of the molecule is CC(C)OCC(O)CN1CCCC1c1nnc2n1CCCCC2. The minimum atomic E-state index is -0.440. The first-order valence-corrected chi connectivity index (χ1v) is 9.11. The molecule has 0 radical (unpaired) electrons. The van der Waals surface area contributed by atoms with Crippen molar-refractivity contribution in [2.24, 2.45) is 0 Å². The van der Waals surface area contributed by atoms with E-state index < -0.39 is 6.10 Å². The van der Waals surface area contributed by atoms with Crippen LogP contribution < -0.4 is 0 Å². The molecule has 6 heteroatoms. The molecule has 2 unspecified atom stereocenters. The van der Waals surface area contributed by atoms with Crippen LogP contribution in [0.2, 0.25) is 0 Å². The monoisotopic (exact) mass is 322 g/mol. The number of ether oxygens (including phenoxy) is 1. The van der Waals surface area contributed by atoms with Gasteiger partial charge in [0.1, 0.15) is 11.6 Å². The molecule has 1 fully saturated rings. The molecule has 1 aromatic rings. The molecule has 3 rings (SSSR count). The average molecular weight is 322 g/mol. The standard InChI is InChI=1S/C17H30N4O2/c1-13(2)23-12-14(22)11-20-9-6-7-15(20)17-19-18-16-8-4-3-5-10-21(16)17/h13-15,22H,3-12H2,1-2H3. The largest absolute Gasteiger partial charge is 0.389 e. The van der Waals surface area contributed by atoms with Crippen molar-refractivity contribution in [2.45, 2.75) is 77.2 Å². The highest BCUT2D eigenvalue weighted by atomic mass is 16.5. The Morgan fingerprint density at radius 3 is 2.87 bits per heavy atom. The van der Waals surface area contributed by atoms with E-state index in [1.54, 1.807) is 0 Å². The molecule has 6 nitrogen and oxygen atoms in total. The van der Waals surface area contributed by atoms with Crippen molar-refractivity contribution in [3.8, 4) is 0 Å². The molecule has 2 atom stereocenters. The zero-order valence-corrected chi connectivity index (χ0v) is 14.4. The predicted molar refractivity (Wildman–Crippen MR) is 88.2 cm³/mol. The molecule has 0 aromatic carbocycles. The number of aromatic nitrogens is 3. The van der Waals surface area contributed by atoms with Crippen LogP contribution in [-0.2, 0) is 17.7 Å². The maximum absolute atomic E-state index is 10.2. The van der Waals surface area contributed by atoms with E-state index in [4.69, 9.17) is 4.74 Å². The Hall–Kier alpha value is -0.980. The fourth-order valence-electron chi connectivity index (χ4n) is 3.72. The second-order valence-corrected chi connectivity index (χ2v) is 7.13. The van der Waals surface area contributed by atoms with Crippen LogP contribution >= 0.6 is 0 Å². The van der Waals surface area contributed by atoms with E-state index >= 15 is 0 Å². The second-order valence-electron chi connectivity index (χ2n) is 7.13. The third kappa shape index (κ3) is 4.11. The van der Waals surface area contributed by atoms with Crippen molar-refractivity contribution in [2.75, 3.05) is 19.7 Å². The average Bonchev–Trinajstić information content (AvgIpc) is 3.05. The van der Waals surface area contributed by atoms with Crippen LogP contribution in [0.4, 0.5) is 0 Å². The summed E-state index contributed by atoms with van der Waals surface area (Å²) in [6.45, 7) is 7.11. The summed E-state index contributed by atoms with van der Waals surface area (Å²) in [6, 6.07) is 0.294. The molecule has 0 bridgehead atoms. The van der Waals surface area contributed by atoms with Gasteiger partial charge in [-0.2, -0.15) is 0 Å². The van der Waals surface area contributed by atoms with Gasteiger partial charge in [-0.05, 0) is 46.1 Å². The van der Waals surface area contributed by atoms with Gasteiger partial charge in [0.05, 0.1) is 24.9 Å². The van der Waals surface area contributed by atoms with E-state index in [0.717, 1.165) is 44.0 Å². The molecule has 130 valence electrons. The molecule has 23 heavy (non-hydrogen) atoms. The molecule has 0 spiro atoms. The highest BCUT2D eigenvalue weighted by Crippen LogP contribution is 2.32. The fourth-order valence-corrected chi connectivity index (χ4v) is 3.72. The van der Waals surface area contributed by atoms with Gasteiger partial charge in [0.15, 0.2) is 0 Å². The quantitative estimate of drug-likeness (QED) is 0.867. The Balaban J connectivity index is 1.66. The third-order valence-corrected chi connectivity index (χ3v) is 4.87. The zero-order chi connectivity index (χ0) is 16.2. The van der Waals surface area contributed by atoms with Gasteiger partial charge in [0, 0.05) is 19.5 Å². The van der Waals surface area contributed by atoms with Gasteiger partial charge in [0.2, 0.25) is 0 Å². The Morgan fingerprint density at radius 2 is 2.04 bits per heavy atom. The van der Waals surface area contributed by atoms with Crippen molar-refractivity contribution in [3.63, 3.8) is 0 Å². The molecule has 2 aliphatic heterocycles. The molecule has 1 aromatic heterocycles. The molecule has 0 amide bonds. The molecular weight excluding hydrogens is 292 g/mol. The minimum Gasteiger partial charge on any atom is -0.389 e. The Labute approximate surface area is 138 Å². The highest BCUT2D eigenvalue weighted by molar-refractivity contribution is 5.05. The third-order valence-electron chi connectivity index (χ3n) is 4.87. The van der Waals surface area contributed by atoms with E-state index in [2.05, 4.69) is 19.7 Å². The van der Waals surface area contributed by atoms with E-state index in [1.165, 1.54) is 19.3 Å². The van der Waals surface area contributed by atoms with Crippen LogP contribution in [0.5, 0.6) is 0 Å². The molecule has 1 N–H and O–H groups in total. The number of aryl methyl sites for hydroxylation is 1. The Bertz CT molecular complexity index is 503. The van der Waals surface area contributed by atoms with Crippen molar-refractivity contribution in [3.05, 3.63) is 11.6 Å². The number of rotatable bonds is 6. The van der Waals surface area contributed by atoms with Gasteiger partial charge in [-0.1, -0.05) is 6.42 Å². The first-order chi connectivity index (χ1) is 11.1. The van der Waals surface area contributed by atoms with Gasteiger partial charge < -0.3 is 14.4 Å². The van der Waals surface area contributed by atoms with Gasteiger partial charge in [0.25, 0.3) is 0 Å². The lowest BCUT2D eigenvalue weighted by atomic mass is 10.2. The summed E-state index contributed by atoms with van der Waals surface area (Å²) in [5.74, 6) is 2.25. The smallest absolute Gasteiger partial charge is 0.150 e. The van der Waals surface area contributed by atoms with Crippen molar-refractivity contribution >= 4 is 0 Å². The molecule has 0 aliphatic carbocycles. The van der Waals surface area contributed by atoms with E-state index in [9.17, 15) is 5.11 Å². The fraction of sp³-hybridized carbons (Fsp3) is 0.882. The number of aliphatic hydroxyl groups excluding tert-OH is 1. The van der Waals surface area contributed by atoms with Gasteiger partial charge in [-0.3, -0.25) is 4.90 Å². The molecule has 3 heterocycles. The maximum Gasteiger partial charge on any atom is 0.150 e. The zero-order valence-electron chi connectivity index (χ0n) is 14.4. The van der Waals surface area contributed by atoms with Gasteiger partial charge in [-0.15, -0.1) is 10.2 Å². The van der Waals surface area contributed by atoms with Crippen LogP contribution in [0.25, 0.3) is 0 Å². The predicted octanol–water partition coefficient (Wildman–Crippen LogP) is 1.93. The number of aliphatic hydroxyl groups is 1. The normalized spacial score (nSPS) is 23.9. The Morgan fingerprint density at radius 1 is 1.17 bits per heavy atom. The van der Waals surface area contributed by atoms with Crippen LogP contribution in [0.15, 0.2) is 0 Å². The summed E-state index contributed by atoms with van der Waals surface area (Å²) in [5.41, 5.74) is 0. The first kappa shape index (κ1) is 16.9.